The molecule has 0 heterocycles. The highest BCUT2D eigenvalue weighted by atomic mass is 35.5. The number of nitrogens with zero attached hydrogens (tertiary/aromatic N) is 1. The fourth-order valence-electron chi connectivity index (χ4n) is 1.60. The molecule has 2 N–H and O–H groups in total. The highest BCUT2D eigenvalue weighted by Gasteiger charge is 2.12. The monoisotopic (exact) mass is 313 g/mol. The summed E-state index contributed by atoms with van der Waals surface area (Å²) in [5.74, 6) is -2.07. The highest BCUT2D eigenvalue weighted by molar-refractivity contribution is 6.34. The molecule has 0 aliphatic heterocycles. The van der Waals surface area contributed by atoms with Gasteiger partial charge in [-0.2, -0.15) is 0 Å². The molecule has 0 atom stereocenters. The molecule has 0 saturated heterocycles. The molecule has 0 spiro atoms. The zero-order valence-electron chi connectivity index (χ0n) is 11.9. The molecule has 0 aromatic heterocycles. The molecule has 0 bridgehead atoms. The topological polar surface area (TPSA) is 61.4 Å². The van der Waals surface area contributed by atoms with Crippen molar-refractivity contribution >= 4 is 34.9 Å². The molecule has 0 aliphatic rings. The van der Waals surface area contributed by atoms with Crippen molar-refractivity contribution in [3.63, 3.8) is 0 Å². The minimum Gasteiger partial charge on any atom is -0.325 e. The number of halogens is 2. The lowest BCUT2D eigenvalue weighted by Crippen LogP contribution is -2.34. The summed E-state index contributed by atoms with van der Waals surface area (Å²) in [7, 11) is 0. The third-order valence-electron chi connectivity index (χ3n) is 2.77. The standard InChI is InChI=1S/C14H17ClFN3O2/c1-4-19(5-2)14(21)17-10-6-7-12(11(15)8-10)18-13(20)9(3)16/h6-8H,3-5H2,1-2H3,(H,17,21)(H,18,20). The summed E-state index contributed by atoms with van der Waals surface area (Å²) in [5.41, 5.74) is 0.718. The average molecular weight is 314 g/mol. The van der Waals surface area contributed by atoms with Crippen LogP contribution in [-0.2, 0) is 4.79 Å². The maximum absolute atomic E-state index is 12.6. The maximum Gasteiger partial charge on any atom is 0.321 e. The van der Waals surface area contributed by atoms with Gasteiger partial charge >= 0.3 is 6.03 Å². The molecule has 0 aliphatic carbocycles. The molecule has 0 unspecified atom stereocenters. The predicted molar refractivity (Wildman–Crippen MR) is 82.3 cm³/mol. The Hall–Kier alpha value is -2.08. The summed E-state index contributed by atoms with van der Waals surface area (Å²) in [5, 5.41) is 5.14. The number of benzene rings is 1. The Morgan fingerprint density at radius 1 is 1.29 bits per heavy atom. The number of hydrogen-bond acceptors (Lipinski definition) is 2. The van der Waals surface area contributed by atoms with Crippen molar-refractivity contribution in [3.05, 3.63) is 35.6 Å². The van der Waals surface area contributed by atoms with Gasteiger partial charge in [-0.25, -0.2) is 9.18 Å². The van der Waals surface area contributed by atoms with Gasteiger partial charge in [0.15, 0.2) is 5.83 Å². The van der Waals surface area contributed by atoms with Gasteiger partial charge in [0.2, 0.25) is 0 Å². The van der Waals surface area contributed by atoms with E-state index in [9.17, 15) is 14.0 Å². The van der Waals surface area contributed by atoms with Gasteiger partial charge < -0.3 is 15.5 Å². The molecule has 114 valence electrons. The van der Waals surface area contributed by atoms with E-state index in [0.717, 1.165) is 0 Å². The van der Waals surface area contributed by atoms with Crippen LogP contribution in [0.25, 0.3) is 0 Å². The second-order valence-corrected chi connectivity index (χ2v) is 4.56. The van der Waals surface area contributed by atoms with Crippen molar-refractivity contribution in [2.45, 2.75) is 13.8 Å². The van der Waals surface area contributed by atoms with Gasteiger partial charge in [0.25, 0.3) is 5.91 Å². The van der Waals surface area contributed by atoms with E-state index >= 15 is 0 Å². The zero-order valence-corrected chi connectivity index (χ0v) is 12.6. The Kier molecular flexibility index (Phi) is 6.17. The van der Waals surface area contributed by atoms with E-state index in [1.807, 2.05) is 13.8 Å². The first-order chi connectivity index (χ1) is 9.88. The van der Waals surface area contributed by atoms with Crippen molar-refractivity contribution in [2.75, 3.05) is 23.7 Å². The quantitative estimate of drug-likeness (QED) is 0.815. The van der Waals surface area contributed by atoms with Gasteiger partial charge in [-0.05, 0) is 32.0 Å². The molecule has 1 aromatic rings. The molecule has 7 heteroatoms. The van der Waals surface area contributed by atoms with E-state index in [1.165, 1.54) is 12.1 Å². The summed E-state index contributed by atoms with van der Waals surface area (Å²) < 4.78 is 12.6. The van der Waals surface area contributed by atoms with Crippen LogP contribution in [0.15, 0.2) is 30.6 Å². The van der Waals surface area contributed by atoms with Crippen molar-refractivity contribution in [3.8, 4) is 0 Å². The number of nitrogens with one attached hydrogen (secondary N) is 2. The fraction of sp³-hybridized carbons (Fsp3) is 0.286. The van der Waals surface area contributed by atoms with Crippen LogP contribution in [0.1, 0.15) is 13.8 Å². The second-order valence-electron chi connectivity index (χ2n) is 4.16. The Bertz CT molecular complexity index is 559. The van der Waals surface area contributed by atoms with Crippen LogP contribution in [0.5, 0.6) is 0 Å². The maximum atomic E-state index is 12.6. The van der Waals surface area contributed by atoms with E-state index in [2.05, 4.69) is 17.2 Å². The number of carbonyl (C=O) groups is 2. The minimum atomic E-state index is -1.11. The summed E-state index contributed by atoms with van der Waals surface area (Å²) in [4.78, 5) is 24.7. The van der Waals surface area contributed by atoms with Crippen LogP contribution in [0.2, 0.25) is 5.02 Å². The third-order valence-corrected chi connectivity index (χ3v) is 3.08. The van der Waals surface area contributed by atoms with E-state index < -0.39 is 11.7 Å². The lowest BCUT2D eigenvalue weighted by Gasteiger charge is -2.19. The first-order valence-electron chi connectivity index (χ1n) is 6.40. The Morgan fingerprint density at radius 2 is 1.90 bits per heavy atom. The molecule has 5 nitrogen and oxygen atoms in total. The lowest BCUT2D eigenvalue weighted by atomic mass is 10.2. The number of carbonyl (C=O) groups excluding carboxylic acids is 2. The second kappa shape index (κ2) is 7.64. The summed E-state index contributed by atoms with van der Waals surface area (Å²) in [6.07, 6.45) is 0. The van der Waals surface area contributed by atoms with Gasteiger partial charge in [-0.3, -0.25) is 4.79 Å². The smallest absolute Gasteiger partial charge is 0.321 e. The molecule has 0 radical (unpaired) electrons. The number of rotatable bonds is 5. The van der Waals surface area contributed by atoms with Gasteiger partial charge in [-0.15, -0.1) is 0 Å². The number of urea groups is 1. The van der Waals surface area contributed by atoms with Crippen molar-refractivity contribution in [2.24, 2.45) is 0 Å². The molecular weight excluding hydrogens is 297 g/mol. The predicted octanol–water partition coefficient (Wildman–Crippen LogP) is 3.64. The van der Waals surface area contributed by atoms with Crippen LogP contribution in [0, 0.1) is 0 Å². The number of anilines is 2. The summed E-state index contributed by atoms with van der Waals surface area (Å²) >= 11 is 5.98. The van der Waals surface area contributed by atoms with Gasteiger partial charge in [0, 0.05) is 18.8 Å². The molecule has 1 aromatic carbocycles. The average Bonchev–Trinajstić information content (AvgIpc) is 2.42. The summed E-state index contributed by atoms with van der Waals surface area (Å²) in [6.45, 7) is 7.81. The first kappa shape index (κ1) is 17.0. The molecular formula is C14H17ClFN3O2. The van der Waals surface area contributed by atoms with Gasteiger partial charge in [0.1, 0.15) is 0 Å². The van der Waals surface area contributed by atoms with E-state index in [1.54, 1.807) is 11.0 Å². The van der Waals surface area contributed by atoms with Crippen LogP contribution >= 0.6 is 11.6 Å². The van der Waals surface area contributed by atoms with Crippen LogP contribution in [-0.4, -0.2) is 29.9 Å². The Labute approximate surface area is 127 Å². The van der Waals surface area contributed by atoms with Crippen molar-refractivity contribution in [1.29, 1.82) is 0 Å². The SMILES string of the molecule is C=C(F)C(=O)Nc1ccc(NC(=O)N(CC)CC)cc1Cl. The third kappa shape index (κ3) is 4.75. The fourth-order valence-corrected chi connectivity index (χ4v) is 1.83. The van der Waals surface area contributed by atoms with E-state index in [0.29, 0.717) is 18.8 Å². The summed E-state index contributed by atoms with van der Waals surface area (Å²) in [6, 6.07) is 4.26. The van der Waals surface area contributed by atoms with E-state index in [4.69, 9.17) is 11.6 Å². The van der Waals surface area contributed by atoms with Crippen LogP contribution < -0.4 is 10.6 Å². The molecule has 0 fully saturated rings. The minimum absolute atomic E-state index is 0.182. The van der Waals surface area contributed by atoms with Crippen molar-refractivity contribution < 1.29 is 14.0 Å². The molecule has 3 amide bonds. The highest BCUT2D eigenvalue weighted by Crippen LogP contribution is 2.26. The molecule has 21 heavy (non-hydrogen) atoms. The molecule has 0 saturated carbocycles. The van der Waals surface area contributed by atoms with Gasteiger partial charge in [0.05, 0.1) is 10.7 Å². The van der Waals surface area contributed by atoms with E-state index in [-0.39, 0.29) is 16.7 Å². The largest absolute Gasteiger partial charge is 0.325 e. The van der Waals surface area contributed by atoms with Crippen molar-refractivity contribution in [1.82, 2.24) is 4.90 Å². The number of amides is 3. The number of hydrogen-bond donors (Lipinski definition) is 2. The normalized spacial score (nSPS) is 9.90. The van der Waals surface area contributed by atoms with Crippen LogP contribution in [0.3, 0.4) is 0 Å². The Balaban J connectivity index is 2.81. The molecule has 1 rings (SSSR count). The lowest BCUT2D eigenvalue weighted by molar-refractivity contribution is -0.114. The zero-order chi connectivity index (χ0) is 16.0. The first-order valence-corrected chi connectivity index (χ1v) is 6.78. The van der Waals surface area contributed by atoms with Crippen LogP contribution in [0.4, 0.5) is 20.6 Å². The Morgan fingerprint density at radius 3 is 2.38 bits per heavy atom. The van der Waals surface area contributed by atoms with Gasteiger partial charge in [-0.1, -0.05) is 18.2 Å².